The van der Waals surface area contributed by atoms with E-state index in [0.717, 1.165) is 18.4 Å². The third kappa shape index (κ3) is 2.74. The number of benzene rings is 1. The van der Waals surface area contributed by atoms with Crippen LogP contribution in [0.5, 0.6) is 0 Å². The molecule has 0 amide bonds. The minimum Gasteiger partial charge on any atom is -0.463 e. The molecule has 0 bridgehead atoms. The molecule has 0 aliphatic heterocycles. The molecule has 0 saturated heterocycles. The van der Waals surface area contributed by atoms with Crippen LogP contribution >= 0.6 is 0 Å². The van der Waals surface area contributed by atoms with Crippen molar-refractivity contribution < 1.29 is 15.3 Å². The predicted octanol–water partition coefficient (Wildman–Crippen LogP) is 1.49. The molecule has 1 aliphatic rings. The molecule has 1 unspecified atom stereocenters. The third-order valence-corrected chi connectivity index (χ3v) is 3.07. The van der Waals surface area contributed by atoms with Crippen molar-refractivity contribution in [3.05, 3.63) is 41.0 Å². The lowest BCUT2D eigenvalue weighted by molar-refractivity contribution is -0.425. The summed E-state index contributed by atoms with van der Waals surface area (Å²) in [7, 11) is 0. The number of carbonyl (C=O) groups is 1. The van der Waals surface area contributed by atoms with Gasteiger partial charge in [-0.25, -0.2) is 4.79 Å². The molecule has 2 rings (SSSR count). The van der Waals surface area contributed by atoms with Gasteiger partial charge in [0.25, 0.3) is 0 Å². The Morgan fingerprint density at radius 2 is 2.41 bits per heavy atom. The zero-order valence-corrected chi connectivity index (χ0v) is 10.1. The Kier molecular flexibility index (Phi) is 3.59. The summed E-state index contributed by atoms with van der Waals surface area (Å²) in [6, 6.07) is 6.70. The van der Waals surface area contributed by atoms with Crippen molar-refractivity contribution in [2.24, 2.45) is 0 Å². The molecule has 90 valence electrons. The maximum atomic E-state index is 11.2. The average Bonchev–Trinajstić information content (AvgIpc) is 2.69. The summed E-state index contributed by atoms with van der Waals surface area (Å²) in [5.74, 6) is -0.289. The van der Waals surface area contributed by atoms with Crippen molar-refractivity contribution in [3.8, 4) is 0 Å². The maximum absolute atomic E-state index is 11.2. The van der Waals surface area contributed by atoms with Crippen molar-refractivity contribution >= 4 is 12.0 Å². The van der Waals surface area contributed by atoms with Gasteiger partial charge >= 0.3 is 5.97 Å². The van der Waals surface area contributed by atoms with E-state index in [9.17, 15) is 4.79 Å². The van der Waals surface area contributed by atoms with Crippen LogP contribution in [-0.2, 0) is 16.0 Å². The highest BCUT2D eigenvalue weighted by Crippen LogP contribution is 2.28. The summed E-state index contributed by atoms with van der Waals surface area (Å²) in [5.41, 5.74) is 7.87. The fourth-order valence-electron chi connectivity index (χ4n) is 2.18. The molecule has 1 aromatic carbocycles. The summed E-state index contributed by atoms with van der Waals surface area (Å²) >= 11 is 0. The van der Waals surface area contributed by atoms with Gasteiger partial charge in [-0.2, -0.15) is 0 Å². The van der Waals surface area contributed by atoms with E-state index in [0.29, 0.717) is 12.6 Å². The second kappa shape index (κ2) is 5.15. The van der Waals surface area contributed by atoms with Gasteiger partial charge in [-0.05, 0) is 30.5 Å². The minimum atomic E-state index is -0.289. The Hall–Kier alpha value is -1.61. The number of ether oxygens (including phenoxy) is 1. The zero-order chi connectivity index (χ0) is 12.3. The van der Waals surface area contributed by atoms with Crippen LogP contribution < -0.4 is 5.73 Å². The standard InChI is InChI=1S/C14H17NO2/c1-2-17-14(16)8-4-10-3-6-12-11(9-10)5-7-13(12)15/h3-4,6,8-9,13H,2,5,7,15H2,1H3/p+1. The summed E-state index contributed by atoms with van der Waals surface area (Å²) in [5, 5.41) is 0. The van der Waals surface area contributed by atoms with Crippen LogP contribution in [0.3, 0.4) is 0 Å². The SMILES string of the molecule is CCOC(=O)C=Cc1ccc2c(c1)CCC2[NH3+]. The molecule has 3 heteroatoms. The molecule has 1 atom stereocenters. The van der Waals surface area contributed by atoms with Crippen LogP contribution in [0.25, 0.3) is 6.08 Å². The predicted molar refractivity (Wildman–Crippen MR) is 66.1 cm³/mol. The summed E-state index contributed by atoms with van der Waals surface area (Å²) in [6.07, 6.45) is 5.49. The Morgan fingerprint density at radius 3 is 3.18 bits per heavy atom. The molecule has 1 aliphatic carbocycles. The second-order valence-electron chi connectivity index (χ2n) is 4.28. The highest BCUT2D eigenvalue weighted by Gasteiger charge is 2.21. The van der Waals surface area contributed by atoms with Crippen molar-refractivity contribution in [3.63, 3.8) is 0 Å². The Balaban J connectivity index is 2.11. The quantitative estimate of drug-likeness (QED) is 0.634. The molecule has 3 N–H and O–H groups in total. The number of quaternary nitrogens is 1. The smallest absolute Gasteiger partial charge is 0.330 e. The van der Waals surface area contributed by atoms with E-state index in [-0.39, 0.29) is 5.97 Å². The Morgan fingerprint density at radius 1 is 1.59 bits per heavy atom. The molecule has 0 radical (unpaired) electrons. The molecule has 0 heterocycles. The number of rotatable bonds is 3. The zero-order valence-electron chi connectivity index (χ0n) is 10.1. The maximum Gasteiger partial charge on any atom is 0.330 e. The van der Waals surface area contributed by atoms with Gasteiger partial charge in [-0.15, -0.1) is 0 Å². The molecule has 0 fully saturated rings. The van der Waals surface area contributed by atoms with Crippen LogP contribution in [-0.4, -0.2) is 12.6 Å². The number of carbonyl (C=O) groups excluding carboxylic acids is 1. The molecule has 3 nitrogen and oxygen atoms in total. The van der Waals surface area contributed by atoms with E-state index in [1.165, 1.54) is 17.2 Å². The molecular weight excluding hydrogens is 214 g/mol. The van der Waals surface area contributed by atoms with Gasteiger partial charge < -0.3 is 10.5 Å². The lowest BCUT2D eigenvalue weighted by Crippen LogP contribution is -2.52. The third-order valence-electron chi connectivity index (χ3n) is 3.07. The van der Waals surface area contributed by atoms with Crippen molar-refractivity contribution in [1.82, 2.24) is 0 Å². The monoisotopic (exact) mass is 232 g/mol. The van der Waals surface area contributed by atoms with Gasteiger partial charge in [0.2, 0.25) is 0 Å². The first-order valence-corrected chi connectivity index (χ1v) is 6.01. The number of hydrogen-bond acceptors (Lipinski definition) is 2. The van der Waals surface area contributed by atoms with Gasteiger partial charge in [0.05, 0.1) is 6.61 Å². The number of aryl methyl sites for hydroxylation is 1. The first kappa shape index (κ1) is 11.9. The summed E-state index contributed by atoms with van der Waals surface area (Å²) < 4.78 is 4.84. The molecule has 1 aromatic rings. The van der Waals surface area contributed by atoms with Gasteiger partial charge in [-0.3, -0.25) is 0 Å². The molecule has 0 aromatic heterocycles. The first-order valence-electron chi connectivity index (χ1n) is 6.01. The fourth-order valence-corrected chi connectivity index (χ4v) is 2.18. The van der Waals surface area contributed by atoms with Gasteiger partial charge in [0.1, 0.15) is 6.04 Å². The van der Waals surface area contributed by atoms with E-state index in [1.807, 2.05) is 6.07 Å². The van der Waals surface area contributed by atoms with E-state index >= 15 is 0 Å². The van der Waals surface area contributed by atoms with E-state index < -0.39 is 0 Å². The van der Waals surface area contributed by atoms with Gasteiger partial charge in [0, 0.05) is 18.1 Å². The van der Waals surface area contributed by atoms with E-state index in [2.05, 4.69) is 17.9 Å². The number of fused-ring (bicyclic) bond motifs is 1. The fraction of sp³-hybridized carbons (Fsp3) is 0.357. The van der Waals surface area contributed by atoms with E-state index in [1.54, 1.807) is 13.0 Å². The van der Waals surface area contributed by atoms with Crippen LogP contribution in [0.2, 0.25) is 0 Å². The van der Waals surface area contributed by atoms with Crippen molar-refractivity contribution in [1.29, 1.82) is 0 Å². The number of hydrogen-bond donors (Lipinski definition) is 1. The highest BCUT2D eigenvalue weighted by atomic mass is 16.5. The number of esters is 1. The van der Waals surface area contributed by atoms with Gasteiger partial charge in [-0.1, -0.05) is 18.2 Å². The lowest BCUT2D eigenvalue weighted by atomic mass is 10.0. The normalized spacial score (nSPS) is 18.4. The summed E-state index contributed by atoms with van der Waals surface area (Å²) in [6.45, 7) is 2.21. The van der Waals surface area contributed by atoms with Crippen molar-refractivity contribution in [2.45, 2.75) is 25.8 Å². The van der Waals surface area contributed by atoms with Crippen LogP contribution in [0.4, 0.5) is 0 Å². The van der Waals surface area contributed by atoms with E-state index in [4.69, 9.17) is 4.74 Å². The molecule has 17 heavy (non-hydrogen) atoms. The second-order valence-corrected chi connectivity index (χ2v) is 4.28. The first-order chi connectivity index (χ1) is 8.20. The molecular formula is C14H18NO2+. The van der Waals surface area contributed by atoms with Crippen LogP contribution in [0.15, 0.2) is 24.3 Å². The highest BCUT2D eigenvalue weighted by molar-refractivity contribution is 5.87. The Bertz CT molecular complexity index is 452. The molecule has 0 saturated carbocycles. The largest absolute Gasteiger partial charge is 0.463 e. The topological polar surface area (TPSA) is 53.9 Å². The van der Waals surface area contributed by atoms with Crippen molar-refractivity contribution in [2.75, 3.05) is 6.61 Å². The molecule has 0 spiro atoms. The van der Waals surface area contributed by atoms with Crippen LogP contribution in [0, 0.1) is 0 Å². The van der Waals surface area contributed by atoms with Gasteiger partial charge in [0.15, 0.2) is 0 Å². The Labute approximate surface area is 101 Å². The van der Waals surface area contributed by atoms with Crippen LogP contribution in [0.1, 0.15) is 36.1 Å². The lowest BCUT2D eigenvalue weighted by Gasteiger charge is -2.02. The summed E-state index contributed by atoms with van der Waals surface area (Å²) in [4.78, 5) is 11.2. The average molecular weight is 232 g/mol. The minimum absolute atomic E-state index is 0.289.